The van der Waals surface area contributed by atoms with Crippen LogP contribution in [0.2, 0.25) is 0 Å². The first-order valence-electron chi connectivity index (χ1n) is 6.61. The van der Waals surface area contributed by atoms with Gasteiger partial charge in [0.25, 0.3) is 0 Å². The van der Waals surface area contributed by atoms with Crippen molar-refractivity contribution in [2.45, 2.75) is 46.5 Å². The van der Waals surface area contributed by atoms with Crippen molar-refractivity contribution in [1.29, 1.82) is 0 Å². The summed E-state index contributed by atoms with van der Waals surface area (Å²) in [4.78, 5) is 2.48. The predicted molar refractivity (Wildman–Crippen MR) is 69.9 cm³/mol. The molecule has 2 aliphatic rings. The molecule has 90 valence electrons. The zero-order chi connectivity index (χ0) is 11.8. The van der Waals surface area contributed by atoms with E-state index in [-0.39, 0.29) is 0 Å². The standard InChI is InChI=1S/C15H25N/c1-5-6-12(2)7-14-10-16(14)11-15(4)8-13(3)9-15/h5,10,12-13H,1,6-9,11H2,2-4H3. The SMILES string of the molecule is C=CCC(C)CC1=CN1CC1(C)CC(C)C1. The minimum Gasteiger partial charge on any atom is -0.348 e. The maximum atomic E-state index is 3.80. The third-order valence-electron chi connectivity index (χ3n) is 3.97. The van der Waals surface area contributed by atoms with Crippen molar-refractivity contribution in [3.05, 3.63) is 24.6 Å². The molecule has 0 aromatic rings. The van der Waals surface area contributed by atoms with Crippen molar-refractivity contribution in [2.24, 2.45) is 17.3 Å². The molecule has 1 heterocycles. The fourth-order valence-corrected chi connectivity index (χ4v) is 3.36. The van der Waals surface area contributed by atoms with Crippen molar-refractivity contribution in [3.8, 4) is 0 Å². The highest BCUT2D eigenvalue weighted by Crippen LogP contribution is 2.47. The van der Waals surface area contributed by atoms with Crippen LogP contribution in [0.25, 0.3) is 0 Å². The lowest BCUT2D eigenvalue weighted by Crippen LogP contribution is -2.39. The minimum atomic E-state index is 0.597. The van der Waals surface area contributed by atoms with Gasteiger partial charge in [0.05, 0.1) is 0 Å². The van der Waals surface area contributed by atoms with E-state index in [1.807, 2.05) is 6.08 Å². The summed E-state index contributed by atoms with van der Waals surface area (Å²) in [6.07, 6.45) is 9.57. The van der Waals surface area contributed by atoms with Crippen LogP contribution in [-0.2, 0) is 0 Å². The summed E-state index contributed by atoms with van der Waals surface area (Å²) >= 11 is 0. The number of nitrogens with zero attached hydrogens (tertiary/aromatic N) is 1. The largest absolute Gasteiger partial charge is 0.348 e. The number of rotatable bonds is 6. The van der Waals surface area contributed by atoms with E-state index in [9.17, 15) is 0 Å². The molecule has 0 saturated heterocycles. The van der Waals surface area contributed by atoms with E-state index in [2.05, 4.69) is 38.5 Å². The van der Waals surface area contributed by atoms with Crippen molar-refractivity contribution in [2.75, 3.05) is 6.54 Å². The van der Waals surface area contributed by atoms with Gasteiger partial charge in [0.2, 0.25) is 0 Å². The van der Waals surface area contributed by atoms with E-state index in [0.29, 0.717) is 5.41 Å². The molecule has 0 radical (unpaired) electrons. The second kappa shape index (κ2) is 4.27. The molecular weight excluding hydrogens is 194 g/mol. The second-order valence-corrected chi connectivity index (χ2v) is 6.41. The van der Waals surface area contributed by atoms with Gasteiger partial charge < -0.3 is 4.90 Å². The highest BCUT2D eigenvalue weighted by Gasteiger charge is 2.41. The maximum absolute atomic E-state index is 3.80. The molecule has 1 nitrogen and oxygen atoms in total. The molecule has 0 N–H and O–H groups in total. The minimum absolute atomic E-state index is 0.597. The van der Waals surface area contributed by atoms with Crippen LogP contribution in [0, 0.1) is 17.3 Å². The Balaban J connectivity index is 1.67. The van der Waals surface area contributed by atoms with Crippen molar-refractivity contribution in [3.63, 3.8) is 0 Å². The Morgan fingerprint density at radius 3 is 2.88 bits per heavy atom. The van der Waals surface area contributed by atoms with E-state index in [1.165, 1.54) is 25.8 Å². The first-order chi connectivity index (χ1) is 7.52. The Labute approximate surface area is 100 Å². The van der Waals surface area contributed by atoms with Crippen LogP contribution < -0.4 is 0 Å². The Bertz CT molecular complexity index is 297. The summed E-state index contributed by atoms with van der Waals surface area (Å²) in [6, 6.07) is 0. The van der Waals surface area contributed by atoms with Crippen LogP contribution >= 0.6 is 0 Å². The second-order valence-electron chi connectivity index (χ2n) is 6.41. The number of hydrogen-bond acceptors (Lipinski definition) is 1. The van der Waals surface area contributed by atoms with Gasteiger partial charge in [-0.05, 0) is 42.9 Å². The van der Waals surface area contributed by atoms with Crippen LogP contribution in [0.15, 0.2) is 24.6 Å². The van der Waals surface area contributed by atoms with Crippen molar-refractivity contribution >= 4 is 0 Å². The molecular formula is C15H25N. The smallest absolute Gasteiger partial charge is 0.0341 e. The van der Waals surface area contributed by atoms with E-state index < -0.39 is 0 Å². The lowest BCUT2D eigenvalue weighted by molar-refractivity contribution is 0.0716. The molecule has 0 aromatic carbocycles. The van der Waals surface area contributed by atoms with Gasteiger partial charge in [0, 0.05) is 18.4 Å². The van der Waals surface area contributed by atoms with Crippen LogP contribution in [0.1, 0.15) is 46.5 Å². The first kappa shape index (κ1) is 11.8. The van der Waals surface area contributed by atoms with Gasteiger partial charge in [0.15, 0.2) is 0 Å². The van der Waals surface area contributed by atoms with Crippen LogP contribution in [-0.4, -0.2) is 11.4 Å². The topological polar surface area (TPSA) is 3.01 Å². The van der Waals surface area contributed by atoms with Gasteiger partial charge in [-0.15, -0.1) is 6.58 Å². The Hall–Kier alpha value is -0.720. The molecule has 1 saturated carbocycles. The van der Waals surface area contributed by atoms with Gasteiger partial charge in [-0.25, -0.2) is 0 Å². The quantitative estimate of drug-likeness (QED) is 0.606. The van der Waals surface area contributed by atoms with Gasteiger partial charge >= 0.3 is 0 Å². The van der Waals surface area contributed by atoms with Crippen LogP contribution in [0.3, 0.4) is 0 Å². The fourth-order valence-electron chi connectivity index (χ4n) is 3.36. The Kier molecular flexibility index (Phi) is 3.14. The highest BCUT2D eigenvalue weighted by atomic mass is 15.2. The molecule has 0 bridgehead atoms. The Morgan fingerprint density at radius 1 is 1.62 bits per heavy atom. The van der Waals surface area contributed by atoms with Crippen LogP contribution in [0.5, 0.6) is 0 Å². The molecule has 1 aliphatic heterocycles. The Morgan fingerprint density at radius 2 is 2.31 bits per heavy atom. The normalized spacial score (nSPS) is 34.1. The van der Waals surface area contributed by atoms with Gasteiger partial charge in [-0.1, -0.05) is 26.8 Å². The van der Waals surface area contributed by atoms with E-state index in [4.69, 9.17) is 0 Å². The summed E-state index contributed by atoms with van der Waals surface area (Å²) in [5.41, 5.74) is 2.16. The molecule has 1 aliphatic carbocycles. The number of allylic oxidation sites excluding steroid dienone is 2. The molecule has 0 amide bonds. The van der Waals surface area contributed by atoms with Crippen LogP contribution in [0.4, 0.5) is 0 Å². The fraction of sp³-hybridized carbons (Fsp3) is 0.733. The average Bonchev–Trinajstić information content (AvgIpc) is 2.80. The summed E-state index contributed by atoms with van der Waals surface area (Å²) in [7, 11) is 0. The van der Waals surface area contributed by atoms with Gasteiger partial charge in [-0.2, -0.15) is 0 Å². The molecule has 1 fully saturated rings. The van der Waals surface area contributed by atoms with E-state index >= 15 is 0 Å². The lowest BCUT2D eigenvalue weighted by Gasteiger charge is -2.44. The molecule has 1 unspecified atom stereocenters. The maximum Gasteiger partial charge on any atom is 0.0341 e. The summed E-state index contributed by atoms with van der Waals surface area (Å²) in [6.45, 7) is 12.2. The monoisotopic (exact) mass is 219 g/mol. The lowest BCUT2D eigenvalue weighted by atomic mass is 9.64. The molecule has 1 heteroatoms. The highest BCUT2D eigenvalue weighted by molar-refractivity contribution is 5.20. The summed E-state index contributed by atoms with van der Waals surface area (Å²) in [5.74, 6) is 1.70. The van der Waals surface area contributed by atoms with Gasteiger partial charge in [0.1, 0.15) is 0 Å². The molecule has 16 heavy (non-hydrogen) atoms. The number of hydrogen-bond donors (Lipinski definition) is 0. The molecule has 0 spiro atoms. The van der Waals surface area contributed by atoms with Crippen molar-refractivity contribution < 1.29 is 0 Å². The first-order valence-corrected chi connectivity index (χ1v) is 6.61. The van der Waals surface area contributed by atoms with E-state index in [1.54, 1.807) is 5.70 Å². The molecule has 1 atom stereocenters. The molecule has 2 rings (SSSR count). The molecule has 0 aromatic heterocycles. The van der Waals surface area contributed by atoms with E-state index in [0.717, 1.165) is 18.3 Å². The zero-order valence-corrected chi connectivity index (χ0v) is 11.0. The predicted octanol–water partition coefficient (Wildman–Crippen LogP) is 4.18. The third kappa shape index (κ3) is 2.69. The average molecular weight is 219 g/mol. The summed E-state index contributed by atoms with van der Waals surface area (Å²) < 4.78 is 0. The van der Waals surface area contributed by atoms with Crippen molar-refractivity contribution in [1.82, 2.24) is 4.90 Å². The third-order valence-corrected chi connectivity index (χ3v) is 3.97. The zero-order valence-electron chi connectivity index (χ0n) is 11.0. The summed E-state index contributed by atoms with van der Waals surface area (Å²) in [5, 5.41) is 0. The van der Waals surface area contributed by atoms with Gasteiger partial charge in [-0.3, -0.25) is 0 Å².